The zero-order chi connectivity index (χ0) is 22.2. The number of aryl methyl sites for hydroxylation is 2. The molecule has 0 aliphatic heterocycles. The normalized spacial score (nSPS) is 18.9. The summed E-state index contributed by atoms with van der Waals surface area (Å²) in [5, 5.41) is 0. The average Bonchev–Trinajstić information content (AvgIpc) is 3.24. The van der Waals surface area contributed by atoms with E-state index in [4.69, 9.17) is 0 Å². The van der Waals surface area contributed by atoms with E-state index >= 15 is 0 Å². The molecular weight excluding hydrogens is 468 g/mol. The fourth-order valence-electron chi connectivity index (χ4n) is 7.18. The van der Waals surface area contributed by atoms with Crippen LogP contribution in [0.3, 0.4) is 0 Å². The molecule has 2 heteroatoms. The van der Waals surface area contributed by atoms with Crippen LogP contribution in [-0.4, -0.2) is 5.92 Å². The van der Waals surface area contributed by atoms with Crippen molar-refractivity contribution in [3.05, 3.63) is 99.6 Å². The number of benzene rings is 3. The first kappa shape index (κ1) is 21.4. The molecule has 2 aliphatic carbocycles. The van der Waals surface area contributed by atoms with Gasteiger partial charge in [-0.05, 0) is 0 Å². The standard InChI is InChI=1S/C13H9.C12H13.C2H7Si.2CH3.Zr/c1-3-7-12-10(5-1)9-11-6-2-4-8-13(11)12;1-8-4-10(3)12-7-9(2)6-11(12)5-8;1-3-2;;;/h1-9H;4-7H,1-3H3;3H,1-2H3;2*1H3;. The van der Waals surface area contributed by atoms with E-state index in [9.17, 15) is 0 Å². The van der Waals surface area contributed by atoms with Crippen LogP contribution < -0.4 is 0 Å². The summed E-state index contributed by atoms with van der Waals surface area (Å²) >= 11 is -3.47. The van der Waals surface area contributed by atoms with Gasteiger partial charge >= 0.3 is 191 Å². The Labute approximate surface area is 190 Å². The van der Waals surface area contributed by atoms with E-state index in [1.807, 2.05) is 0 Å². The van der Waals surface area contributed by atoms with Crippen molar-refractivity contribution < 1.29 is 17.9 Å². The van der Waals surface area contributed by atoms with E-state index in [0.717, 1.165) is 0 Å². The van der Waals surface area contributed by atoms with Gasteiger partial charge in [-0.2, -0.15) is 0 Å². The van der Waals surface area contributed by atoms with Gasteiger partial charge in [0.1, 0.15) is 0 Å². The van der Waals surface area contributed by atoms with E-state index in [1.54, 1.807) is 22.3 Å². The molecule has 1 atom stereocenters. The number of fused-ring (bicyclic) bond motifs is 4. The molecule has 0 saturated heterocycles. The van der Waals surface area contributed by atoms with Gasteiger partial charge in [0.05, 0.1) is 0 Å². The fraction of sp³-hybridized carbons (Fsp3) is 0.310. The summed E-state index contributed by atoms with van der Waals surface area (Å²) in [5.41, 5.74) is 13.9. The molecule has 0 amide bonds. The molecule has 0 radical (unpaired) electrons. The van der Waals surface area contributed by atoms with Crippen LogP contribution >= 0.6 is 0 Å². The van der Waals surface area contributed by atoms with Crippen LogP contribution in [0.25, 0.3) is 17.2 Å². The molecule has 2 aliphatic rings. The molecule has 0 N–H and O–H groups in total. The van der Waals surface area contributed by atoms with Crippen molar-refractivity contribution in [3.8, 4) is 11.1 Å². The van der Waals surface area contributed by atoms with Gasteiger partial charge in [0.15, 0.2) is 0 Å². The van der Waals surface area contributed by atoms with Gasteiger partial charge < -0.3 is 0 Å². The predicted octanol–water partition coefficient (Wildman–Crippen LogP) is 8.30. The molecule has 0 saturated carbocycles. The van der Waals surface area contributed by atoms with Crippen LogP contribution in [0.5, 0.6) is 0 Å². The van der Waals surface area contributed by atoms with E-state index in [2.05, 4.69) is 110 Å². The summed E-state index contributed by atoms with van der Waals surface area (Å²) in [5.74, 6) is -0.999. The van der Waals surface area contributed by atoms with Gasteiger partial charge in [0, 0.05) is 0 Å². The van der Waals surface area contributed by atoms with Crippen molar-refractivity contribution >= 4 is 12.0 Å². The molecule has 5 rings (SSSR count). The second kappa shape index (κ2) is 7.00. The van der Waals surface area contributed by atoms with Crippen LogP contribution in [0.15, 0.2) is 66.2 Å². The van der Waals surface area contributed by atoms with Gasteiger partial charge in [-0.25, -0.2) is 0 Å². The second-order valence-electron chi connectivity index (χ2n) is 11.4. The first-order chi connectivity index (χ1) is 14.6. The first-order valence-corrected chi connectivity index (χ1v) is 26.7. The molecule has 31 heavy (non-hydrogen) atoms. The Morgan fingerprint density at radius 3 is 1.81 bits per heavy atom. The van der Waals surface area contributed by atoms with Gasteiger partial charge in [0.25, 0.3) is 0 Å². The fourth-order valence-corrected chi connectivity index (χ4v) is 36.7. The molecule has 0 heterocycles. The molecule has 0 fully saturated rings. The van der Waals surface area contributed by atoms with Gasteiger partial charge in [-0.3, -0.25) is 0 Å². The third-order valence-electron chi connectivity index (χ3n) is 9.18. The molecular formula is C29H35SiZr. The van der Waals surface area contributed by atoms with Crippen molar-refractivity contribution in [2.75, 3.05) is 0 Å². The Morgan fingerprint density at radius 2 is 1.26 bits per heavy atom. The minimum atomic E-state index is -3.47. The predicted molar refractivity (Wildman–Crippen MR) is 137 cm³/mol. The summed E-state index contributed by atoms with van der Waals surface area (Å²) < 4.78 is 6.94. The molecule has 3 aromatic carbocycles. The maximum absolute atomic E-state index is 3.47. The van der Waals surface area contributed by atoms with Gasteiger partial charge in [0.2, 0.25) is 0 Å². The molecule has 0 spiro atoms. The van der Waals surface area contributed by atoms with Crippen LogP contribution in [0.2, 0.25) is 22.4 Å². The van der Waals surface area contributed by atoms with Crippen molar-refractivity contribution in [3.63, 3.8) is 0 Å². The zero-order valence-electron chi connectivity index (χ0n) is 20.1. The Balaban J connectivity index is 1.85. The Hall–Kier alpha value is -1.50. The molecule has 0 aromatic heterocycles. The minimum absolute atomic E-state index is 0.612. The van der Waals surface area contributed by atoms with Crippen LogP contribution in [0, 0.1) is 13.8 Å². The van der Waals surface area contributed by atoms with Crippen molar-refractivity contribution in [2.45, 2.75) is 50.4 Å². The van der Waals surface area contributed by atoms with Gasteiger partial charge in [-0.1, -0.05) is 0 Å². The second-order valence-corrected chi connectivity index (χ2v) is 49.3. The van der Waals surface area contributed by atoms with Crippen molar-refractivity contribution in [1.29, 1.82) is 0 Å². The van der Waals surface area contributed by atoms with Gasteiger partial charge in [-0.15, -0.1) is 0 Å². The Morgan fingerprint density at radius 1 is 0.710 bits per heavy atom. The monoisotopic (exact) mass is 501 g/mol. The third kappa shape index (κ3) is 2.80. The summed E-state index contributed by atoms with van der Waals surface area (Å²) in [6.45, 7) is 12.4. The van der Waals surface area contributed by atoms with E-state index in [0.29, 0.717) is 7.25 Å². The van der Waals surface area contributed by atoms with Crippen molar-refractivity contribution in [1.82, 2.24) is 0 Å². The molecule has 3 aromatic rings. The molecule has 1 unspecified atom stereocenters. The average molecular weight is 503 g/mol. The third-order valence-corrected chi connectivity index (χ3v) is 56.0. The number of allylic oxidation sites excluding steroid dienone is 1. The quantitative estimate of drug-likeness (QED) is 0.316. The SMILES string of the molecule is CC1=Cc2c(C)cc(C)cc2[CH]1[Zr]([CH3])([CH3])([CH]1c2ccccc2-c2ccccc21)[SiH](C)C. The van der Waals surface area contributed by atoms with Crippen LogP contribution in [0.4, 0.5) is 0 Å². The molecule has 0 nitrogen and oxygen atoms in total. The Kier molecular flexibility index (Phi) is 4.82. The summed E-state index contributed by atoms with van der Waals surface area (Å²) in [6, 6.07) is 23.5. The maximum atomic E-state index is 2.84. The van der Waals surface area contributed by atoms with E-state index in [-0.39, 0.29) is 0 Å². The summed E-state index contributed by atoms with van der Waals surface area (Å²) in [6.07, 6.45) is 2.54. The number of hydrogen-bond donors (Lipinski definition) is 0. The van der Waals surface area contributed by atoms with Crippen LogP contribution in [0.1, 0.15) is 47.6 Å². The summed E-state index contributed by atoms with van der Waals surface area (Å²) in [7, 11) is 0. The van der Waals surface area contributed by atoms with E-state index < -0.39 is 23.9 Å². The van der Waals surface area contributed by atoms with E-state index in [1.165, 1.54) is 27.8 Å². The first-order valence-electron chi connectivity index (χ1n) is 11.8. The Bertz CT molecular complexity index is 1200. The van der Waals surface area contributed by atoms with Crippen molar-refractivity contribution in [2.24, 2.45) is 0 Å². The zero-order valence-corrected chi connectivity index (χ0v) is 23.7. The topological polar surface area (TPSA) is 0 Å². The number of rotatable bonds is 3. The van der Waals surface area contributed by atoms with Crippen LogP contribution in [-0.2, 0) is 17.9 Å². The summed E-state index contributed by atoms with van der Waals surface area (Å²) in [4.78, 5) is 0. The molecule has 0 bridgehead atoms. The molecule has 159 valence electrons. The number of hydrogen-bond acceptors (Lipinski definition) is 0.